The second kappa shape index (κ2) is 5.42. The molecule has 1 fully saturated rings. The van der Waals surface area contributed by atoms with E-state index in [1.54, 1.807) is 12.1 Å². The fourth-order valence-electron chi connectivity index (χ4n) is 1.65. The molecule has 0 amide bonds. The van der Waals surface area contributed by atoms with Crippen LogP contribution in [-0.2, 0) is 0 Å². The van der Waals surface area contributed by atoms with E-state index >= 15 is 0 Å². The van der Waals surface area contributed by atoms with Gasteiger partial charge in [0.05, 0.1) is 11.6 Å². The fraction of sp³-hybridized carbons (Fsp3) is 0.455. The Morgan fingerprint density at radius 1 is 1.62 bits per heavy atom. The van der Waals surface area contributed by atoms with Gasteiger partial charge < -0.3 is 5.32 Å². The maximum Gasteiger partial charge on any atom is 0.132 e. The lowest BCUT2D eigenvalue weighted by atomic mass is 10.1. The molecule has 16 heavy (non-hydrogen) atoms. The molecule has 1 atom stereocenters. The molecule has 1 aromatic heterocycles. The molecule has 0 spiro atoms. The number of hydrogen-bond acceptors (Lipinski definition) is 4. The highest BCUT2D eigenvalue weighted by atomic mass is 35.5. The van der Waals surface area contributed by atoms with E-state index in [1.165, 1.54) is 17.9 Å². The van der Waals surface area contributed by atoms with Gasteiger partial charge in [-0.1, -0.05) is 11.6 Å². The smallest absolute Gasteiger partial charge is 0.132 e. The summed E-state index contributed by atoms with van der Waals surface area (Å²) in [6.07, 6.45) is 1.25. The first-order valence-electron chi connectivity index (χ1n) is 5.17. The van der Waals surface area contributed by atoms with Crippen LogP contribution in [0, 0.1) is 17.2 Å². The summed E-state index contributed by atoms with van der Waals surface area (Å²) >= 11 is 7.81. The van der Waals surface area contributed by atoms with Crippen LogP contribution in [-0.4, -0.2) is 23.0 Å². The Labute approximate surface area is 104 Å². The molecular weight excluding hydrogens is 242 g/mol. The zero-order valence-electron chi connectivity index (χ0n) is 8.74. The van der Waals surface area contributed by atoms with Gasteiger partial charge in [-0.15, -0.1) is 0 Å². The Hall–Kier alpha value is -0.920. The number of anilines is 1. The van der Waals surface area contributed by atoms with Crippen LogP contribution in [0.4, 0.5) is 5.82 Å². The van der Waals surface area contributed by atoms with Gasteiger partial charge in [-0.25, -0.2) is 4.98 Å². The molecule has 3 nitrogen and oxygen atoms in total. The molecule has 1 unspecified atom stereocenters. The Morgan fingerprint density at radius 2 is 2.50 bits per heavy atom. The van der Waals surface area contributed by atoms with Gasteiger partial charge in [-0.3, -0.25) is 0 Å². The highest BCUT2D eigenvalue weighted by molar-refractivity contribution is 7.99. The van der Waals surface area contributed by atoms with Crippen molar-refractivity contribution in [2.75, 3.05) is 23.4 Å². The van der Waals surface area contributed by atoms with Crippen molar-refractivity contribution in [1.29, 1.82) is 5.26 Å². The maximum absolute atomic E-state index is 8.80. The molecule has 1 N–H and O–H groups in total. The van der Waals surface area contributed by atoms with Gasteiger partial charge in [0.1, 0.15) is 11.0 Å². The second-order valence-electron chi connectivity index (χ2n) is 3.79. The van der Waals surface area contributed by atoms with Crippen molar-refractivity contribution in [3.63, 3.8) is 0 Å². The van der Waals surface area contributed by atoms with Crippen LogP contribution in [0.15, 0.2) is 12.1 Å². The number of nitriles is 1. The van der Waals surface area contributed by atoms with Gasteiger partial charge >= 0.3 is 0 Å². The van der Waals surface area contributed by atoms with Crippen LogP contribution in [0.5, 0.6) is 0 Å². The minimum atomic E-state index is 0.363. The van der Waals surface area contributed by atoms with Crippen molar-refractivity contribution in [2.45, 2.75) is 6.42 Å². The summed E-state index contributed by atoms with van der Waals surface area (Å²) in [6.45, 7) is 0.908. The van der Waals surface area contributed by atoms with E-state index in [2.05, 4.69) is 16.4 Å². The third-order valence-electron chi connectivity index (χ3n) is 2.52. The van der Waals surface area contributed by atoms with E-state index in [0.717, 1.165) is 6.54 Å². The lowest BCUT2D eigenvalue weighted by molar-refractivity contribution is 0.630. The average Bonchev–Trinajstić information content (AvgIpc) is 2.78. The van der Waals surface area contributed by atoms with E-state index in [4.69, 9.17) is 16.9 Å². The summed E-state index contributed by atoms with van der Waals surface area (Å²) in [4.78, 5) is 4.14. The number of thioether (sulfide) groups is 1. The minimum absolute atomic E-state index is 0.363. The predicted octanol–water partition coefficient (Wildman–Crippen LogP) is 2.77. The van der Waals surface area contributed by atoms with Crippen molar-refractivity contribution in [2.24, 2.45) is 5.92 Å². The molecule has 1 aliphatic heterocycles. The molecule has 0 aromatic carbocycles. The highest BCUT2D eigenvalue weighted by Gasteiger charge is 2.15. The molecule has 0 aliphatic carbocycles. The molecule has 0 bridgehead atoms. The lowest BCUT2D eigenvalue weighted by Gasteiger charge is -2.10. The number of nitrogens with one attached hydrogen (secondary N) is 1. The lowest BCUT2D eigenvalue weighted by Crippen LogP contribution is -2.14. The summed E-state index contributed by atoms with van der Waals surface area (Å²) < 4.78 is 0. The van der Waals surface area contributed by atoms with Crippen LogP contribution >= 0.6 is 23.4 Å². The van der Waals surface area contributed by atoms with Crippen LogP contribution < -0.4 is 5.32 Å². The maximum atomic E-state index is 8.80. The van der Waals surface area contributed by atoms with Crippen LogP contribution in [0.2, 0.25) is 5.15 Å². The molecule has 1 aliphatic rings. The summed E-state index contributed by atoms with van der Waals surface area (Å²) in [6, 6.07) is 5.37. The van der Waals surface area contributed by atoms with Gasteiger partial charge in [0, 0.05) is 6.54 Å². The molecule has 0 saturated carbocycles. The van der Waals surface area contributed by atoms with Gasteiger partial charge in [0.25, 0.3) is 0 Å². The largest absolute Gasteiger partial charge is 0.370 e. The van der Waals surface area contributed by atoms with Crippen molar-refractivity contribution in [3.05, 3.63) is 22.8 Å². The standard InChI is InChI=1S/C11H12ClN3S/c12-10-3-9(5-13)4-11(15-10)14-6-8-1-2-16-7-8/h3-4,8H,1-2,6-7H2,(H,14,15). The topological polar surface area (TPSA) is 48.7 Å². The Bertz CT molecular complexity index is 410. The minimum Gasteiger partial charge on any atom is -0.370 e. The normalized spacial score (nSPS) is 19.4. The molecule has 2 rings (SSSR count). The van der Waals surface area contributed by atoms with Crippen molar-refractivity contribution in [3.8, 4) is 6.07 Å². The zero-order chi connectivity index (χ0) is 11.4. The first-order valence-corrected chi connectivity index (χ1v) is 6.70. The number of aromatic nitrogens is 1. The van der Waals surface area contributed by atoms with Crippen molar-refractivity contribution >= 4 is 29.2 Å². The number of halogens is 1. The summed E-state index contributed by atoms with van der Waals surface area (Å²) in [5.74, 6) is 3.86. The van der Waals surface area contributed by atoms with Crippen LogP contribution in [0.25, 0.3) is 0 Å². The molecule has 84 valence electrons. The van der Waals surface area contributed by atoms with E-state index in [0.29, 0.717) is 22.5 Å². The second-order valence-corrected chi connectivity index (χ2v) is 5.32. The molecule has 2 heterocycles. The summed E-state index contributed by atoms with van der Waals surface area (Å²) in [7, 11) is 0. The Kier molecular flexibility index (Phi) is 3.92. The van der Waals surface area contributed by atoms with Gasteiger partial charge in [-0.05, 0) is 36.0 Å². The third kappa shape index (κ3) is 3.03. The molecule has 1 saturated heterocycles. The summed E-state index contributed by atoms with van der Waals surface area (Å²) in [5, 5.41) is 12.4. The quantitative estimate of drug-likeness (QED) is 0.842. The van der Waals surface area contributed by atoms with Gasteiger partial charge in [-0.2, -0.15) is 17.0 Å². The molecular formula is C11H12ClN3S. The SMILES string of the molecule is N#Cc1cc(Cl)nc(NCC2CCSC2)c1. The van der Waals surface area contributed by atoms with Crippen molar-refractivity contribution in [1.82, 2.24) is 4.98 Å². The fourth-order valence-corrected chi connectivity index (χ4v) is 3.14. The van der Waals surface area contributed by atoms with Gasteiger partial charge in [0.15, 0.2) is 0 Å². The van der Waals surface area contributed by atoms with Crippen LogP contribution in [0.1, 0.15) is 12.0 Å². The van der Waals surface area contributed by atoms with E-state index in [1.807, 2.05) is 11.8 Å². The first-order chi connectivity index (χ1) is 7.78. The van der Waals surface area contributed by atoms with E-state index in [-0.39, 0.29) is 0 Å². The number of pyridine rings is 1. The first kappa shape index (κ1) is 11.6. The number of rotatable bonds is 3. The zero-order valence-corrected chi connectivity index (χ0v) is 10.3. The highest BCUT2D eigenvalue weighted by Crippen LogP contribution is 2.23. The third-order valence-corrected chi connectivity index (χ3v) is 3.94. The monoisotopic (exact) mass is 253 g/mol. The molecule has 5 heteroatoms. The van der Waals surface area contributed by atoms with E-state index < -0.39 is 0 Å². The predicted molar refractivity (Wildman–Crippen MR) is 67.9 cm³/mol. The number of nitrogens with zero attached hydrogens (tertiary/aromatic N) is 2. The number of hydrogen-bond donors (Lipinski definition) is 1. The average molecular weight is 254 g/mol. The Balaban J connectivity index is 1.98. The molecule has 1 aromatic rings. The summed E-state index contributed by atoms with van der Waals surface area (Å²) in [5.41, 5.74) is 0.545. The molecule has 0 radical (unpaired) electrons. The van der Waals surface area contributed by atoms with E-state index in [9.17, 15) is 0 Å². The van der Waals surface area contributed by atoms with Crippen molar-refractivity contribution < 1.29 is 0 Å². The van der Waals surface area contributed by atoms with Gasteiger partial charge in [0.2, 0.25) is 0 Å². The van der Waals surface area contributed by atoms with Crippen LogP contribution in [0.3, 0.4) is 0 Å². The Morgan fingerprint density at radius 3 is 3.19 bits per heavy atom.